The molecule has 0 saturated carbocycles. The largest absolute Gasteiger partial charge is 0.392 e. The lowest BCUT2D eigenvalue weighted by Crippen LogP contribution is -2.28. The van der Waals surface area contributed by atoms with Crippen LogP contribution in [-0.2, 0) is 7.05 Å². The van der Waals surface area contributed by atoms with Crippen molar-refractivity contribution in [1.82, 2.24) is 19.5 Å². The van der Waals surface area contributed by atoms with E-state index >= 15 is 0 Å². The fraction of sp³-hybridized carbons (Fsp3) is 0.444. The highest BCUT2D eigenvalue weighted by Gasteiger charge is 2.10. The Kier molecular flexibility index (Phi) is 2.72. The number of hydrogen-bond acceptors (Lipinski definition) is 5. The first-order valence-electron chi connectivity index (χ1n) is 5.10. The summed E-state index contributed by atoms with van der Waals surface area (Å²) in [4.78, 5) is 31.8. The number of hydrogen-bond donors (Lipinski definition) is 4. The minimum atomic E-state index is -0.537. The molecule has 0 saturated heterocycles. The van der Waals surface area contributed by atoms with Crippen molar-refractivity contribution in [1.29, 1.82) is 0 Å². The number of aromatic amines is 2. The highest BCUT2D eigenvalue weighted by molar-refractivity contribution is 5.72. The zero-order valence-electron chi connectivity index (χ0n) is 9.44. The minimum absolute atomic E-state index is 0.222. The van der Waals surface area contributed by atoms with Crippen LogP contribution in [0, 0.1) is 0 Å². The van der Waals surface area contributed by atoms with Gasteiger partial charge in [-0.15, -0.1) is 0 Å². The molecule has 0 radical (unpaired) electrons. The third-order valence-corrected chi connectivity index (χ3v) is 2.32. The van der Waals surface area contributed by atoms with Gasteiger partial charge in [0.1, 0.15) is 0 Å². The van der Waals surface area contributed by atoms with Gasteiger partial charge in [-0.2, -0.15) is 4.98 Å². The van der Waals surface area contributed by atoms with Crippen LogP contribution in [0.1, 0.15) is 6.92 Å². The molecule has 4 N–H and O–H groups in total. The fourth-order valence-corrected chi connectivity index (χ4v) is 1.43. The number of aromatic nitrogens is 4. The van der Waals surface area contributed by atoms with Crippen LogP contribution in [0.5, 0.6) is 0 Å². The Balaban J connectivity index is 2.50. The fourth-order valence-electron chi connectivity index (χ4n) is 1.43. The molecule has 0 aromatic carbocycles. The van der Waals surface area contributed by atoms with Gasteiger partial charge in [0.15, 0.2) is 11.2 Å². The molecular weight excluding hydrogens is 226 g/mol. The molecule has 0 aliphatic carbocycles. The van der Waals surface area contributed by atoms with E-state index < -0.39 is 17.4 Å². The van der Waals surface area contributed by atoms with Crippen molar-refractivity contribution in [3.05, 3.63) is 20.8 Å². The Bertz CT molecular complexity index is 651. The molecule has 1 unspecified atom stereocenters. The summed E-state index contributed by atoms with van der Waals surface area (Å²) in [6.45, 7) is 1.92. The van der Waals surface area contributed by atoms with Gasteiger partial charge >= 0.3 is 5.69 Å². The molecule has 2 rings (SSSR count). The van der Waals surface area contributed by atoms with E-state index in [1.54, 1.807) is 6.92 Å². The number of nitrogens with zero attached hydrogens (tertiary/aromatic N) is 2. The number of H-pyrrole nitrogens is 2. The summed E-state index contributed by atoms with van der Waals surface area (Å²) in [7, 11) is 1.51. The van der Waals surface area contributed by atoms with E-state index in [-0.39, 0.29) is 11.2 Å². The van der Waals surface area contributed by atoms with E-state index in [0.717, 1.165) is 0 Å². The number of anilines is 1. The Hall–Kier alpha value is -2.09. The van der Waals surface area contributed by atoms with Crippen LogP contribution in [0.2, 0.25) is 0 Å². The third-order valence-electron chi connectivity index (χ3n) is 2.32. The van der Waals surface area contributed by atoms with E-state index in [1.165, 1.54) is 11.6 Å². The predicted molar refractivity (Wildman–Crippen MR) is 62.1 cm³/mol. The molecule has 0 aliphatic heterocycles. The van der Waals surface area contributed by atoms with Crippen LogP contribution >= 0.6 is 0 Å². The van der Waals surface area contributed by atoms with Crippen molar-refractivity contribution in [2.75, 3.05) is 11.9 Å². The maximum absolute atomic E-state index is 11.5. The lowest BCUT2D eigenvalue weighted by atomic mass is 10.4. The molecule has 1 atom stereocenters. The van der Waals surface area contributed by atoms with Crippen molar-refractivity contribution < 1.29 is 5.11 Å². The predicted octanol–water partition coefficient (Wildman–Crippen LogP) is -1.26. The van der Waals surface area contributed by atoms with Crippen LogP contribution in [0.3, 0.4) is 0 Å². The summed E-state index contributed by atoms with van der Waals surface area (Å²) in [6, 6.07) is 0. The first-order valence-corrected chi connectivity index (χ1v) is 5.10. The Morgan fingerprint density at radius 2 is 2.18 bits per heavy atom. The molecule has 17 heavy (non-hydrogen) atoms. The first kappa shape index (κ1) is 11.4. The Labute approximate surface area is 95.3 Å². The second-order valence-electron chi connectivity index (χ2n) is 3.83. The summed E-state index contributed by atoms with van der Waals surface area (Å²) >= 11 is 0. The van der Waals surface area contributed by atoms with Gasteiger partial charge < -0.3 is 15.4 Å². The minimum Gasteiger partial charge on any atom is -0.392 e. The van der Waals surface area contributed by atoms with Crippen molar-refractivity contribution in [3.63, 3.8) is 0 Å². The van der Waals surface area contributed by atoms with Crippen LogP contribution in [0.15, 0.2) is 9.59 Å². The van der Waals surface area contributed by atoms with E-state index in [0.29, 0.717) is 12.5 Å². The molecule has 8 heteroatoms. The highest BCUT2D eigenvalue weighted by Crippen LogP contribution is 2.07. The quantitative estimate of drug-likeness (QED) is 0.533. The first-order chi connectivity index (χ1) is 7.99. The molecular formula is C9H13N5O3. The van der Waals surface area contributed by atoms with Crippen molar-refractivity contribution >= 4 is 17.1 Å². The van der Waals surface area contributed by atoms with E-state index in [9.17, 15) is 9.59 Å². The number of rotatable bonds is 3. The van der Waals surface area contributed by atoms with Crippen molar-refractivity contribution in [3.8, 4) is 0 Å². The molecule has 2 aromatic rings. The van der Waals surface area contributed by atoms with Crippen LogP contribution in [-0.4, -0.2) is 37.3 Å². The SMILES string of the molecule is CC(O)CNc1nc2c([nH]1)c(=O)[nH]c(=O)n2C. The summed E-state index contributed by atoms with van der Waals surface area (Å²) in [5, 5.41) is 11.9. The number of aryl methyl sites for hydroxylation is 1. The summed E-state index contributed by atoms with van der Waals surface area (Å²) in [5.41, 5.74) is -0.538. The average Bonchev–Trinajstić information content (AvgIpc) is 2.68. The topological polar surface area (TPSA) is 116 Å². The maximum atomic E-state index is 11.5. The Morgan fingerprint density at radius 1 is 1.47 bits per heavy atom. The highest BCUT2D eigenvalue weighted by atomic mass is 16.3. The van der Waals surface area contributed by atoms with Gasteiger partial charge in [0.25, 0.3) is 5.56 Å². The summed E-state index contributed by atoms with van der Waals surface area (Å²) in [6.07, 6.45) is -0.537. The summed E-state index contributed by atoms with van der Waals surface area (Å²) in [5.74, 6) is 0.340. The zero-order valence-corrected chi connectivity index (χ0v) is 9.44. The van der Waals surface area contributed by atoms with Crippen LogP contribution in [0.4, 0.5) is 5.95 Å². The number of aliphatic hydroxyl groups excluding tert-OH is 1. The molecule has 0 bridgehead atoms. The number of fused-ring (bicyclic) bond motifs is 1. The second kappa shape index (κ2) is 4.06. The van der Waals surface area contributed by atoms with Gasteiger partial charge in [0.2, 0.25) is 5.95 Å². The van der Waals surface area contributed by atoms with Gasteiger partial charge in [-0.25, -0.2) is 4.79 Å². The number of imidazole rings is 1. The Morgan fingerprint density at radius 3 is 2.82 bits per heavy atom. The van der Waals surface area contributed by atoms with Crippen LogP contribution in [0.25, 0.3) is 11.2 Å². The zero-order chi connectivity index (χ0) is 12.6. The average molecular weight is 239 g/mol. The van der Waals surface area contributed by atoms with Crippen molar-refractivity contribution in [2.45, 2.75) is 13.0 Å². The number of aliphatic hydroxyl groups is 1. The van der Waals surface area contributed by atoms with Gasteiger partial charge in [-0.05, 0) is 6.92 Å². The van der Waals surface area contributed by atoms with Gasteiger partial charge in [0, 0.05) is 13.6 Å². The molecule has 2 aromatic heterocycles. The molecule has 8 nitrogen and oxygen atoms in total. The van der Waals surface area contributed by atoms with Gasteiger partial charge in [0.05, 0.1) is 6.10 Å². The third kappa shape index (κ3) is 2.07. The van der Waals surface area contributed by atoms with E-state index in [2.05, 4.69) is 20.3 Å². The lowest BCUT2D eigenvalue weighted by Gasteiger charge is -2.03. The maximum Gasteiger partial charge on any atom is 0.329 e. The standard InChI is InChI=1S/C9H13N5O3/c1-4(15)3-10-8-11-5-6(12-8)14(2)9(17)13-7(5)16/h4,15H,3H2,1-2H3,(H2,10,11,12)(H,13,16,17). The molecule has 92 valence electrons. The smallest absolute Gasteiger partial charge is 0.329 e. The molecule has 2 heterocycles. The van der Waals surface area contributed by atoms with Gasteiger partial charge in [-0.3, -0.25) is 14.3 Å². The molecule has 0 amide bonds. The van der Waals surface area contributed by atoms with Crippen LogP contribution < -0.4 is 16.6 Å². The molecule has 0 spiro atoms. The summed E-state index contributed by atoms with van der Waals surface area (Å²) < 4.78 is 1.24. The normalized spacial score (nSPS) is 12.9. The van der Waals surface area contributed by atoms with E-state index in [1.807, 2.05) is 0 Å². The van der Waals surface area contributed by atoms with Gasteiger partial charge in [-0.1, -0.05) is 0 Å². The lowest BCUT2D eigenvalue weighted by molar-refractivity contribution is 0.208. The number of nitrogens with one attached hydrogen (secondary N) is 3. The van der Waals surface area contributed by atoms with Crippen molar-refractivity contribution in [2.24, 2.45) is 7.05 Å². The second-order valence-corrected chi connectivity index (χ2v) is 3.83. The van der Waals surface area contributed by atoms with E-state index in [4.69, 9.17) is 5.11 Å². The molecule has 0 aliphatic rings. The molecule has 0 fully saturated rings. The monoisotopic (exact) mass is 239 g/mol.